The molecule has 0 radical (unpaired) electrons. The Labute approximate surface area is 44.1 Å². The Kier molecular flexibility index (Phi) is 0.831. The average Bonchev–Trinajstić information content (AvgIpc) is 1.85. The number of rotatable bonds is 0. The van der Waals surface area contributed by atoms with Crippen LogP contribution in [0.15, 0.2) is 9.21 Å². The van der Waals surface area contributed by atoms with Crippen molar-refractivity contribution in [2.45, 2.75) is 6.92 Å². The van der Waals surface area contributed by atoms with E-state index < -0.39 is 5.76 Å². The second kappa shape index (κ2) is 1.36. The van der Waals surface area contributed by atoms with Gasteiger partial charge in [-0.25, -0.2) is 4.79 Å². The Morgan fingerprint density at radius 1 is 1.88 bits per heavy atom. The van der Waals surface area contributed by atoms with E-state index in [4.69, 9.17) is 5.21 Å². The van der Waals surface area contributed by atoms with E-state index >= 15 is 0 Å². The summed E-state index contributed by atoms with van der Waals surface area (Å²) < 4.78 is 4.32. The van der Waals surface area contributed by atoms with Crippen LogP contribution < -0.4 is 10.6 Å². The number of hydrogen-bond acceptors (Lipinski definition) is 3. The molecule has 0 bridgehead atoms. The molecule has 5 heteroatoms. The molecule has 2 N–H and O–H groups in total. The van der Waals surface area contributed by atoms with Crippen molar-refractivity contribution in [3.63, 3.8) is 0 Å². The standard InChI is InChI=1S/C3H4N2O3/c1-2-5(7)4-3(6)8-2/h1H3,(H-,4,6,7)/p+1. The Hall–Kier alpha value is -1.26. The fraction of sp³-hybridized carbons (Fsp3) is 0.333. The predicted octanol–water partition coefficient (Wildman–Crippen LogP) is -1.20. The van der Waals surface area contributed by atoms with E-state index in [0.717, 1.165) is 0 Å². The fourth-order valence-electron chi connectivity index (χ4n) is 0.365. The monoisotopic (exact) mass is 117 g/mol. The van der Waals surface area contributed by atoms with E-state index in [-0.39, 0.29) is 5.89 Å². The largest absolute Gasteiger partial charge is 0.474 e. The van der Waals surface area contributed by atoms with Crippen molar-refractivity contribution in [3.8, 4) is 0 Å². The van der Waals surface area contributed by atoms with Crippen molar-refractivity contribution in [1.29, 1.82) is 0 Å². The lowest BCUT2D eigenvalue weighted by atomic mass is 10.8. The maximum Gasteiger partial charge on any atom is 0.474 e. The molecule has 1 aromatic heterocycles. The van der Waals surface area contributed by atoms with Gasteiger partial charge in [-0.1, -0.05) is 0 Å². The molecule has 0 unspecified atom stereocenters. The minimum absolute atomic E-state index is 0.134. The lowest BCUT2D eigenvalue weighted by Crippen LogP contribution is -2.36. The third-order valence-corrected chi connectivity index (χ3v) is 0.736. The summed E-state index contributed by atoms with van der Waals surface area (Å²) in [6.45, 7) is 1.46. The van der Waals surface area contributed by atoms with Gasteiger partial charge in [0.1, 0.15) is 4.85 Å². The third-order valence-electron chi connectivity index (χ3n) is 0.736. The first-order chi connectivity index (χ1) is 3.70. The van der Waals surface area contributed by atoms with Gasteiger partial charge in [0.15, 0.2) is 0 Å². The number of aromatic nitrogens is 2. The van der Waals surface area contributed by atoms with Gasteiger partial charge in [0.2, 0.25) is 0 Å². The van der Waals surface area contributed by atoms with E-state index in [1.165, 1.54) is 6.92 Å². The molecule has 0 fully saturated rings. The summed E-state index contributed by atoms with van der Waals surface area (Å²) >= 11 is 0. The van der Waals surface area contributed by atoms with Crippen LogP contribution in [0.25, 0.3) is 0 Å². The molecule has 0 spiro atoms. The topological polar surface area (TPSA) is 70.1 Å². The highest BCUT2D eigenvalue weighted by Gasteiger charge is 2.09. The summed E-state index contributed by atoms with van der Waals surface area (Å²) in [7, 11) is 0. The van der Waals surface area contributed by atoms with Crippen LogP contribution in [0.3, 0.4) is 0 Å². The molecule has 1 aromatic rings. The summed E-state index contributed by atoms with van der Waals surface area (Å²) in [4.78, 5) is 10.6. The molecule has 1 heterocycles. The predicted molar refractivity (Wildman–Crippen MR) is 21.4 cm³/mol. The van der Waals surface area contributed by atoms with E-state index in [2.05, 4.69) is 4.42 Å². The van der Waals surface area contributed by atoms with Crippen LogP contribution in [-0.2, 0) is 0 Å². The van der Waals surface area contributed by atoms with Crippen LogP contribution in [0, 0.1) is 6.92 Å². The SMILES string of the molecule is Cc1oc(=O)[nH][n+]1O. The maximum absolute atomic E-state index is 10.1. The lowest BCUT2D eigenvalue weighted by Gasteiger charge is -1.66. The Balaban J connectivity index is 3.35. The minimum atomic E-state index is -0.662. The number of H-pyrrole nitrogens is 1. The van der Waals surface area contributed by atoms with Gasteiger partial charge in [-0.15, -0.1) is 0 Å². The van der Waals surface area contributed by atoms with Crippen LogP contribution in [0.1, 0.15) is 5.89 Å². The highest BCUT2D eigenvalue weighted by atomic mass is 16.5. The summed E-state index contributed by atoms with van der Waals surface area (Å²) in [5.41, 5.74) is 0. The van der Waals surface area contributed by atoms with Gasteiger partial charge in [0.05, 0.1) is 6.92 Å². The van der Waals surface area contributed by atoms with Crippen LogP contribution in [0.2, 0.25) is 0 Å². The lowest BCUT2D eigenvalue weighted by molar-refractivity contribution is -0.953. The third kappa shape index (κ3) is 0.575. The molecule has 44 valence electrons. The fourth-order valence-corrected chi connectivity index (χ4v) is 0.365. The molecule has 0 aliphatic heterocycles. The minimum Gasteiger partial charge on any atom is -0.349 e. The van der Waals surface area contributed by atoms with Crippen molar-refractivity contribution in [2.24, 2.45) is 0 Å². The molecule has 0 atom stereocenters. The highest BCUT2D eigenvalue weighted by molar-refractivity contribution is 4.50. The second-order valence-corrected chi connectivity index (χ2v) is 1.33. The Bertz CT molecular complexity index is 212. The molecule has 0 amide bonds. The van der Waals surface area contributed by atoms with Gasteiger partial charge in [0.25, 0.3) is 0 Å². The zero-order valence-electron chi connectivity index (χ0n) is 4.21. The molecule has 5 nitrogen and oxygen atoms in total. The molecule has 8 heavy (non-hydrogen) atoms. The smallest absolute Gasteiger partial charge is 0.349 e. The zero-order valence-corrected chi connectivity index (χ0v) is 4.21. The number of nitrogens with zero attached hydrogens (tertiary/aromatic N) is 1. The Morgan fingerprint density at radius 3 is 2.62 bits per heavy atom. The summed E-state index contributed by atoms with van der Waals surface area (Å²) in [6.07, 6.45) is 0. The number of aromatic amines is 1. The van der Waals surface area contributed by atoms with Crippen LogP contribution >= 0.6 is 0 Å². The van der Waals surface area contributed by atoms with Crippen LogP contribution in [0.5, 0.6) is 0 Å². The molecule has 0 saturated heterocycles. The van der Waals surface area contributed by atoms with Gasteiger partial charge < -0.3 is 4.42 Å². The van der Waals surface area contributed by atoms with Crippen molar-refractivity contribution >= 4 is 0 Å². The first-order valence-corrected chi connectivity index (χ1v) is 2.01. The first kappa shape index (κ1) is 4.89. The summed E-state index contributed by atoms with van der Waals surface area (Å²) in [5, 5.41) is 10.5. The van der Waals surface area contributed by atoms with Gasteiger partial charge in [-0.05, 0) is 5.10 Å². The van der Waals surface area contributed by atoms with E-state index in [0.29, 0.717) is 4.85 Å². The number of aryl methyl sites for hydroxylation is 1. The number of nitrogens with one attached hydrogen (secondary N) is 1. The summed E-state index contributed by atoms with van der Waals surface area (Å²) in [5.74, 6) is -0.528. The molecule has 0 saturated carbocycles. The second-order valence-electron chi connectivity index (χ2n) is 1.33. The summed E-state index contributed by atoms with van der Waals surface area (Å²) in [6, 6.07) is 0. The first-order valence-electron chi connectivity index (χ1n) is 2.01. The van der Waals surface area contributed by atoms with E-state index in [1.807, 2.05) is 5.10 Å². The van der Waals surface area contributed by atoms with Gasteiger partial charge in [-0.2, -0.15) is 0 Å². The molecule has 1 rings (SSSR count). The maximum atomic E-state index is 10.1. The highest BCUT2D eigenvalue weighted by Crippen LogP contribution is 1.73. The van der Waals surface area contributed by atoms with Crippen molar-refractivity contribution in [3.05, 3.63) is 16.4 Å². The molecular formula is C3H5N2O3+. The van der Waals surface area contributed by atoms with Crippen LogP contribution in [-0.4, -0.2) is 10.3 Å². The van der Waals surface area contributed by atoms with E-state index in [9.17, 15) is 4.79 Å². The average molecular weight is 117 g/mol. The van der Waals surface area contributed by atoms with Crippen molar-refractivity contribution in [2.75, 3.05) is 0 Å². The molecular weight excluding hydrogens is 112 g/mol. The quantitative estimate of drug-likeness (QED) is 0.331. The van der Waals surface area contributed by atoms with Crippen molar-refractivity contribution in [1.82, 2.24) is 5.10 Å². The Morgan fingerprint density at radius 2 is 2.50 bits per heavy atom. The van der Waals surface area contributed by atoms with Gasteiger partial charge in [0, 0.05) is 0 Å². The van der Waals surface area contributed by atoms with Gasteiger partial charge in [-0.3, -0.25) is 5.21 Å². The van der Waals surface area contributed by atoms with Gasteiger partial charge >= 0.3 is 11.6 Å². The molecule has 0 aliphatic rings. The van der Waals surface area contributed by atoms with Crippen LogP contribution in [0.4, 0.5) is 0 Å². The number of hydrogen-bond donors (Lipinski definition) is 2. The zero-order chi connectivity index (χ0) is 6.15. The van der Waals surface area contributed by atoms with E-state index in [1.54, 1.807) is 0 Å². The van der Waals surface area contributed by atoms with Crippen molar-refractivity contribution < 1.29 is 14.5 Å². The molecule has 0 aromatic carbocycles. The normalized spacial score (nSPS) is 9.62. The molecule has 0 aliphatic carbocycles.